The molecule has 1 heterocycles. The number of oxazole rings is 1. The van der Waals surface area contributed by atoms with E-state index in [1.54, 1.807) is 12.1 Å². The number of aromatic nitrogens is 1. The molecular weight excluding hydrogens is 372 g/mol. The minimum Gasteiger partial charge on any atom is -0.436 e. The molecule has 0 bridgehead atoms. The van der Waals surface area contributed by atoms with Gasteiger partial charge in [-0.25, -0.2) is 4.98 Å². The van der Waals surface area contributed by atoms with E-state index in [1.807, 2.05) is 55.5 Å². The highest BCUT2D eigenvalue weighted by Gasteiger charge is 2.11. The van der Waals surface area contributed by atoms with Gasteiger partial charge < -0.3 is 9.73 Å². The number of aryl methyl sites for hydroxylation is 2. The number of hydrogen-bond acceptors (Lipinski definition) is 3. The smallest absolute Gasteiger partial charge is 0.228 e. The van der Waals surface area contributed by atoms with Crippen LogP contribution < -0.4 is 5.32 Å². The Balaban J connectivity index is 1.54. The molecular formula is C23H19ClN2O2. The molecule has 0 unspecified atom stereocenters. The minimum atomic E-state index is -0.0942. The Morgan fingerprint density at radius 1 is 1.04 bits per heavy atom. The highest BCUT2D eigenvalue weighted by Crippen LogP contribution is 2.28. The predicted octanol–water partition coefficient (Wildman–Crippen LogP) is 5.95. The topological polar surface area (TPSA) is 55.1 Å². The molecule has 0 saturated carbocycles. The first-order valence-corrected chi connectivity index (χ1v) is 9.38. The number of fused-ring (bicyclic) bond motifs is 1. The molecule has 1 amide bonds. The van der Waals surface area contributed by atoms with Gasteiger partial charge in [0.1, 0.15) is 5.52 Å². The van der Waals surface area contributed by atoms with Gasteiger partial charge in [-0.3, -0.25) is 4.79 Å². The quantitative estimate of drug-likeness (QED) is 0.468. The number of nitrogens with zero attached hydrogens (tertiary/aromatic N) is 1. The summed E-state index contributed by atoms with van der Waals surface area (Å²) in [5.74, 6) is 0.442. The lowest BCUT2D eigenvalue weighted by molar-refractivity contribution is -0.115. The van der Waals surface area contributed by atoms with E-state index in [-0.39, 0.29) is 12.3 Å². The Hall–Kier alpha value is -3.11. The van der Waals surface area contributed by atoms with E-state index in [0.717, 1.165) is 22.2 Å². The molecule has 4 nitrogen and oxygen atoms in total. The van der Waals surface area contributed by atoms with Crippen LogP contribution in [0.1, 0.15) is 16.7 Å². The van der Waals surface area contributed by atoms with Gasteiger partial charge in [-0.1, -0.05) is 29.8 Å². The van der Waals surface area contributed by atoms with Crippen molar-refractivity contribution in [1.29, 1.82) is 0 Å². The number of amides is 1. The van der Waals surface area contributed by atoms with Crippen molar-refractivity contribution < 1.29 is 9.21 Å². The second kappa shape index (κ2) is 7.49. The van der Waals surface area contributed by atoms with E-state index in [4.69, 9.17) is 16.0 Å². The molecule has 0 aliphatic carbocycles. The van der Waals surface area contributed by atoms with Gasteiger partial charge in [0.15, 0.2) is 5.58 Å². The van der Waals surface area contributed by atoms with Crippen molar-refractivity contribution in [1.82, 2.24) is 4.98 Å². The standard InChI is InChI=1S/C23H19ClN2O2/c1-14-10-20-21(11-15(14)2)28-23(26-20)17-4-3-5-19(13-17)25-22(27)12-16-6-8-18(24)9-7-16/h3-11,13H,12H2,1-2H3,(H,25,27). The van der Waals surface area contributed by atoms with E-state index in [9.17, 15) is 4.79 Å². The first-order valence-electron chi connectivity index (χ1n) is 9.00. The van der Waals surface area contributed by atoms with Gasteiger partial charge in [0.05, 0.1) is 6.42 Å². The van der Waals surface area contributed by atoms with E-state index in [0.29, 0.717) is 16.6 Å². The fourth-order valence-corrected chi connectivity index (χ4v) is 3.15. The van der Waals surface area contributed by atoms with E-state index < -0.39 is 0 Å². The zero-order chi connectivity index (χ0) is 19.7. The molecule has 0 fully saturated rings. The molecule has 140 valence electrons. The maximum Gasteiger partial charge on any atom is 0.228 e. The van der Waals surface area contributed by atoms with Gasteiger partial charge in [0.25, 0.3) is 0 Å². The predicted molar refractivity (Wildman–Crippen MR) is 113 cm³/mol. The van der Waals surface area contributed by atoms with E-state index in [1.165, 1.54) is 11.1 Å². The van der Waals surface area contributed by atoms with Crippen LogP contribution >= 0.6 is 11.6 Å². The molecule has 1 N–H and O–H groups in total. The van der Waals surface area contributed by atoms with Crippen LogP contribution in [0.3, 0.4) is 0 Å². The summed E-state index contributed by atoms with van der Waals surface area (Å²) < 4.78 is 5.92. The van der Waals surface area contributed by atoms with Crippen molar-refractivity contribution in [2.45, 2.75) is 20.3 Å². The summed E-state index contributed by atoms with van der Waals surface area (Å²) in [5, 5.41) is 3.58. The number of rotatable bonds is 4. The number of benzene rings is 3. The molecule has 28 heavy (non-hydrogen) atoms. The van der Waals surface area contributed by atoms with E-state index in [2.05, 4.69) is 17.2 Å². The summed E-state index contributed by atoms with van der Waals surface area (Å²) in [6.07, 6.45) is 0.281. The third kappa shape index (κ3) is 3.92. The van der Waals surface area contributed by atoms with E-state index >= 15 is 0 Å². The largest absolute Gasteiger partial charge is 0.436 e. The molecule has 5 heteroatoms. The fraction of sp³-hybridized carbons (Fsp3) is 0.130. The zero-order valence-corrected chi connectivity index (χ0v) is 16.4. The van der Waals surface area contributed by atoms with Gasteiger partial charge >= 0.3 is 0 Å². The summed E-state index contributed by atoms with van der Waals surface area (Å²) in [7, 11) is 0. The molecule has 0 aliphatic heterocycles. The van der Waals surface area contributed by atoms with Crippen molar-refractivity contribution in [3.63, 3.8) is 0 Å². The van der Waals surface area contributed by atoms with Crippen LogP contribution in [-0.2, 0) is 11.2 Å². The van der Waals surface area contributed by atoms with Crippen LogP contribution in [0, 0.1) is 13.8 Å². The van der Waals surface area contributed by atoms with Crippen molar-refractivity contribution in [2.75, 3.05) is 5.32 Å². The lowest BCUT2D eigenvalue weighted by atomic mass is 10.1. The van der Waals surface area contributed by atoms with Crippen LogP contribution in [0.4, 0.5) is 5.69 Å². The normalized spacial score (nSPS) is 11.0. The number of anilines is 1. The third-order valence-electron chi connectivity index (χ3n) is 4.68. The summed E-state index contributed by atoms with van der Waals surface area (Å²) in [6.45, 7) is 4.10. The second-order valence-electron chi connectivity index (χ2n) is 6.86. The number of carbonyl (C=O) groups is 1. The lowest BCUT2D eigenvalue weighted by Crippen LogP contribution is -2.14. The third-order valence-corrected chi connectivity index (χ3v) is 4.93. The first kappa shape index (κ1) is 18.3. The molecule has 0 atom stereocenters. The number of halogens is 1. The molecule has 0 radical (unpaired) electrons. The van der Waals surface area contributed by atoms with Crippen LogP contribution in [-0.4, -0.2) is 10.9 Å². The van der Waals surface area contributed by atoms with Gasteiger partial charge in [-0.2, -0.15) is 0 Å². The Morgan fingerprint density at radius 3 is 2.57 bits per heavy atom. The SMILES string of the molecule is Cc1cc2nc(-c3cccc(NC(=O)Cc4ccc(Cl)cc4)c3)oc2cc1C. The molecule has 0 spiro atoms. The summed E-state index contributed by atoms with van der Waals surface area (Å²) in [6, 6.07) is 18.8. The number of carbonyl (C=O) groups excluding carboxylic acids is 1. The minimum absolute atomic E-state index is 0.0942. The molecule has 3 aromatic carbocycles. The Labute approximate surface area is 168 Å². The van der Waals surface area contributed by atoms with Crippen LogP contribution in [0.5, 0.6) is 0 Å². The van der Waals surface area contributed by atoms with Crippen molar-refractivity contribution in [3.05, 3.63) is 82.4 Å². The highest BCUT2D eigenvalue weighted by atomic mass is 35.5. The maximum atomic E-state index is 12.3. The zero-order valence-electron chi connectivity index (χ0n) is 15.6. The lowest BCUT2D eigenvalue weighted by Gasteiger charge is -2.06. The van der Waals surface area contributed by atoms with Crippen LogP contribution in [0.15, 0.2) is 65.1 Å². The molecule has 4 aromatic rings. The molecule has 0 aliphatic rings. The maximum absolute atomic E-state index is 12.3. The molecule has 1 aromatic heterocycles. The highest BCUT2D eigenvalue weighted by molar-refractivity contribution is 6.30. The van der Waals surface area contributed by atoms with Gasteiger partial charge in [-0.15, -0.1) is 0 Å². The van der Waals surface area contributed by atoms with Gasteiger partial charge in [0, 0.05) is 16.3 Å². The average Bonchev–Trinajstić information content (AvgIpc) is 3.07. The number of nitrogens with one attached hydrogen (secondary N) is 1. The van der Waals surface area contributed by atoms with Crippen LogP contribution in [0.25, 0.3) is 22.6 Å². The van der Waals surface area contributed by atoms with Crippen LogP contribution in [0.2, 0.25) is 5.02 Å². The van der Waals surface area contributed by atoms with Crippen molar-refractivity contribution >= 4 is 34.3 Å². The second-order valence-corrected chi connectivity index (χ2v) is 7.29. The summed E-state index contributed by atoms with van der Waals surface area (Å²) in [5.41, 5.74) is 6.35. The van der Waals surface area contributed by atoms with Gasteiger partial charge in [0.2, 0.25) is 11.8 Å². The Morgan fingerprint density at radius 2 is 1.79 bits per heavy atom. The summed E-state index contributed by atoms with van der Waals surface area (Å²) >= 11 is 5.88. The Bertz CT molecular complexity index is 1120. The van der Waals surface area contributed by atoms with Crippen molar-refractivity contribution in [2.24, 2.45) is 0 Å². The van der Waals surface area contributed by atoms with Crippen molar-refractivity contribution in [3.8, 4) is 11.5 Å². The summed E-state index contributed by atoms with van der Waals surface area (Å²) in [4.78, 5) is 16.9. The molecule has 0 saturated heterocycles. The average molecular weight is 391 g/mol. The Kier molecular flexibility index (Phi) is 4.88. The fourth-order valence-electron chi connectivity index (χ4n) is 3.03. The van der Waals surface area contributed by atoms with Gasteiger partial charge in [-0.05, 0) is 73.0 Å². The first-order chi connectivity index (χ1) is 13.5. The monoisotopic (exact) mass is 390 g/mol. The molecule has 4 rings (SSSR count). The number of hydrogen-bond donors (Lipinski definition) is 1.